The van der Waals surface area contributed by atoms with Gasteiger partial charge in [0.1, 0.15) is 12.4 Å². The molecule has 0 fully saturated rings. The number of amides is 2. The molecule has 0 radical (unpaired) electrons. The van der Waals surface area contributed by atoms with Crippen molar-refractivity contribution in [1.82, 2.24) is 14.7 Å². The molecule has 0 aliphatic heterocycles. The summed E-state index contributed by atoms with van der Waals surface area (Å²) in [4.78, 5) is 27.9. The van der Waals surface area contributed by atoms with Crippen molar-refractivity contribution in [2.24, 2.45) is 0 Å². The summed E-state index contributed by atoms with van der Waals surface area (Å²) in [5.74, 6) is 0.223. The summed E-state index contributed by atoms with van der Waals surface area (Å²) in [6.45, 7) is 12.9. The molecule has 3 rings (SSSR count). The van der Waals surface area contributed by atoms with Crippen molar-refractivity contribution in [2.75, 3.05) is 18.4 Å². The van der Waals surface area contributed by atoms with Gasteiger partial charge in [-0.3, -0.25) is 9.59 Å². The van der Waals surface area contributed by atoms with E-state index in [1.165, 1.54) is 0 Å². The Morgan fingerprint density at radius 2 is 1.71 bits per heavy atom. The SMILES string of the molecule is CCCCN(CC(=O)Nc1cc(C(C)(C)C)nn1-c1ccccc1C)C(=O)c1ccc(C)cc1. The second kappa shape index (κ2) is 10.7. The van der Waals surface area contributed by atoms with Gasteiger partial charge in [0.05, 0.1) is 11.4 Å². The first-order chi connectivity index (χ1) is 16.1. The number of rotatable bonds is 8. The number of anilines is 1. The smallest absolute Gasteiger partial charge is 0.254 e. The van der Waals surface area contributed by atoms with Crippen LogP contribution in [0.25, 0.3) is 5.69 Å². The summed E-state index contributed by atoms with van der Waals surface area (Å²) in [5, 5.41) is 7.83. The van der Waals surface area contributed by atoms with Crippen LogP contribution in [-0.4, -0.2) is 39.6 Å². The Kier molecular flexibility index (Phi) is 7.92. The van der Waals surface area contributed by atoms with Gasteiger partial charge < -0.3 is 10.2 Å². The van der Waals surface area contributed by atoms with Crippen LogP contribution >= 0.6 is 0 Å². The van der Waals surface area contributed by atoms with Crippen LogP contribution in [0.1, 0.15) is 67.7 Å². The summed E-state index contributed by atoms with van der Waals surface area (Å²) in [6, 6.07) is 17.3. The predicted molar refractivity (Wildman–Crippen MR) is 138 cm³/mol. The van der Waals surface area contributed by atoms with Gasteiger partial charge in [0.15, 0.2) is 0 Å². The molecule has 6 nitrogen and oxygen atoms in total. The third-order valence-electron chi connectivity index (χ3n) is 5.79. The van der Waals surface area contributed by atoms with Gasteiger partial charge >= 0.3 is 0 Å². The van der Waals surface area contributed by atoms with Gasteiger partial charge in [-0.1, -0.05) is 70.0 Å². The molecule has 34 heavy (non-hydrogen) atoms. The quantitative estimate of drug-likeness (QED) is 0.471. The van der Waals surface area contributed by atoms with E-state index in [-0.39, 0.29) is 23.8 Å². The van der Waals surface area contributed by atoms with E-state index in [1.807, 2.05) is 68.4 Å². The summed E-state index contributed by atoms with van der Waals surface area (Å²) in [5.41, 5.74) is 4.35. The van der Waals surface area contributed by atoms with E-state index in [2.05, 4.69) is 33.0 Å². The molecule has 2 aromatic carbocycles. The van der Waals surface area contributed by atoms with Crippen molar-refractivity contribution in [3.8, 4) is 5.69 Å². The predicted octanol–water partition coefficient (Wildman–Crippen LogP) is 5.67. The molecule has 0 atom stereocenters. The molecule has 2 amide bonds. The average molecular weight is 461 g/mol. The summed E-state index contributed by atoms with van der Waals surface area (Å²) < 4.78 is 1.78. The normalized spacial score (nSPS) is 11.4. The largest absolute Gasteiger partial charge is 0.329 e. The number of unbranched alkanes of at least 4 members (excludes halogenated alkanes) is 1. The lowest BCUT2D eigenvalue weighted by Crippen LogP contribution is -2.39. The number of carbonyl (C=O) groups is 2. The first-order valence-corrected chi connectivity index (χ1v) is 11.9. The van der Waals surface area contributed by atoms with Crippen LogP contribution in [0, 0.1) is 13.8 Å². The van der Waals surface area contributed by atoms with Crippen LogP contribution in [0.4, 0.5) is 5.82 Å². The average Bonchev–Trinajstić information content (AvgIpc) is 3.21. The molecule has 0 aliphatic rings. The second-order valence-corrected chi connectivity index (χ2v) is 9.86. The number of para-hydroxylation sites is 1. The number of nitrogens with zero attached hydrogens (tertiary/aromatic N) is 3. The van der Waals surface area contributed by atoms with Gasteiger partial charge in [0.25, 0.3) is 5.91 Å². The van der Waals surface area contributed by atoms with E-state index >= 15 is 0 Å². The van der Waals surface area contributed by atoms with Crippen molar-refractivity contribution in [1.29, 1.82) is 0 Å². The number of aromatic nitrogens is 2. The Morgan fingerprint density at radius 3 is 2.32 bits per heavy atom. The molecule has 0 unspecified atom stereocenters. The fourth-order valence-corrected chi connectivity index (χ4v) is 3.66. The van der Waals surface area contributed by atoms with E-state index in [0.29, 0.717) is 17.9 Å². The second-order valence-electron chi connectivity index (χ2n) is 9.86. The monoisotopic (exact) mass is 460 g/mol. The zero-order valence-corrected chi connectivity index (χ0v) is 21.2. The third-order valence-corrected chi connectivity index (χ3v) is 5.79. The van der Waals surface area contributed by atoms with Crippen LogP contribution in [0.2, 0.25) is 0 Å². The van der Waals surface area contributed by atoms with Gasteiger partial charge in [-0.05, 0) is 44.0 Å². The minimum absolute atomic E-state index is 0.0173. The zero-order valence-electron chi connectivity index (χ0n) is 21.2. The molecular formula is C28H36N4O2. The van der Waals surface area contributed by atoms with Gasteiger partial charge in [-0.2, -0.15) is 5.10 Å². The number of hydrogen-bond donors (Lipinski definition) is 1. The van der Waals surface area contributed by atoms with Gasteiger partial charge in [-0.15, -0.1) is 0 Å². The molecule has 6 heteroatoms. The number of hydrogen-bond acceptors (Lipinski definition) is 3. The van der Waals surface area contributed by atoms with Crippen LogP contribution in [-0.2, 0) is 10.2 Å². The molecule has 1 aromatic heterocycles. The van der Waals surface area contributed by atoms with Crippen LogP contribution < -0.4 is 5.32 Å². The maximum Gasteiger partial charge on any atom is 0.254 e. The van der Waals surface area contributed by atoms with Crippen molar-refractivity contribution < 1.29 is 9.59 Å². The number of carbonyl (C=O) groups excluding carboxylic acids is 2. The highest BCUT2D eigenvalue weighted by molar-refractivity contribution is 5.99. The van der Waals surface area contributed by atoms with Crippen LogP contribution in [0.3, 0.4) is 0 Å². The van der Waals surface area contributed by atoms with E-state index in [1.54, 1.807) is 9.58 Å². The fraction of sp³-hybridized carbons (Fsp3) is 0.393. The van der Waals surface area contributed by atoms with E-state index in [9.17, 15) is 9.59 Å². The molecule has 180 valence electrons. The maximum absolute atomic E-state index is 13.2. The van der Waals surface area contributed by atoms with Crippen LogP contribution in [0.5, 0.6) is 0 Å². The van der Waals surface area contributed by atoms with Gasteiger partial charge in [0.2, 0.25) is 5.91 Å². The Hall–Kier alpha value is -3.41. The van der Waals surface area contributed by atoms with Gasteiger partial charge in [-0.25, -0.2) is 4.68 Å². The topological polar surface area (TPSA) is 67.2 Å². The molecule has 0 spiro atoms. The highest BCUT2D eigenvalue weighted by atomic mass is 16.2. The number of aryl methyl sites for hydroxylation is 2. The highest BCUT2D eigenvalue weighted by Gasteiger charge is 2.24. The third kappa shape index (κ3) is 6.13. The van der Waals surface area contributed by atoms with Crippen molar-refractivity contribution in [2.45, 2.75) is 59.8 Å². The summed E-state index contributed by atoms with van der Waals surface area (Å²) in [6.07, 6.45) is 1.77. The number of benzene rings is 2. The van der Waals surface area contributed by atoms with Crippen molar-refractivity contribution >= 4 is 17.6 Å². The van der Waals surface area contributed by atoms with E-state index in [0.717, 1.165) is 35.3 Å². The molecule has 1 N–H and O–H groups in total. The minimum atomic E-state index is -0.244. The van der Waals surface area contributed by atoms with Crippen molar-refractivity contribution in [3.63, 3.8) is 0 Å². The Labute approximate surface area is 203 Å². The molecule has 0 saturated heterocycles. The van der Waals surface area contributed by atoms with Crippen LogP contribution in [0.15, 0.2) is 54.6 Å². The lowest BCUT2D eigenvalue weighted by Gasteiger charge is -2.22. The lowest BCUT2D eigenvalue weighted by atomic mass is 9.92. The number of nitrogens with one attached hydrogen (secondary N) is 1. The standard InChI is InChI=1S/C28H36N4O2/c1-7-8-17-31(27(34)22-15-13-20(2)14-16-22)19-26(33)29-25-18-24(28(4,5)6)30-32(25)23-12-10-9-11-21(23)3/h9-16,18H,7-8,17,19H2,1-6H3,(H,29,33). The minimum Gasteiger partial charge on any atom is -0.329 e. The van der Waals surface area contributed by atoms with Gasteiger partial charge in [0, 0.05) is 23.6 Å². The molecular weight excluding hydrogens is 424 g/mol. The van der Waals surface area contributed by atoms with E-state index < -0.39 is 0 Å². The first kappa shape index (κ1) is 25.2. The maximum atomic E-state index is 13.2. The Morgan fingerprint density at radius 1 is 1.03 bits per heavy atom. The molecule has 1 heterocycles. The van der Waals surface area contributed by atoms with E-state index in [4.69, 9.17) is 5.10 Å². The lowest BCUT2D eigenvalue weighted by molar-refractivity contribution is -0.117. The molecule has 0 bridgehead atoms. The summed E-state index contributed by atoms with van der Waals surface area (Å²) in [7, 11) is 0. The first-order valence-electron chi connectivity index (χ1n) is 11.9. The molecule has 0 aliphatic carbocycles. The summed E-state index contributed by atoms with van der Waals surface area (Å²) >= 11 is 0. The Bertz CT molecular complexity index is 1140. The Balaban J connectivity index is 1.86. The fourth-order valence-electron chi connectivity index (χ4n) is 3.66. The highest BCUT2D eigenvalue weighted by Crippen LogP contribution is 2.27. The molecule has 0 saturated carbocycles. The van der Waals surface area contributed by atoms with Crippen molar-refractivity contribution in [3.05, 3.63) is 77.0 Å². The molecule has 3 aromatic rings. The zero-order chi connectivity index (χ0) is 24.9.